The van der Waals surface area contributed by atoms with Gasteiger partial charge in [-0.1, -0.05) is 19.3 Å². The molecule has 0 bridgehead atoms. The first kappa shape index (κ1) is 13.6. The first-order chi connectivity index (χ1) is 9.78. The fourth-order valence-electron chi connectivity index (χ4n) is 3.62. The van der Waals surface area contributed by atoms with Crippen molar-refractivity contribution in [1.82, 2.24) is 9.97 Å². The molecule has 2 fully saturated rings. The van der Waals surface area contributed by atoms with Crippen molar-refractivity contribution in [3.63, 3.8) is 0 Å². The zero-order valence-corrected chi connectivity index (χ0v) is 12.1. The van der Waals surface area contributed by atoms with Crippen LogP contribution in [-0.4, -0.2) is 29.6 Å². The molecule has 110 valence electrons. The van der Waals surface area contributed by atoms with Crippen LogP contribution in [0.4, 0.5) is 16.2 Å². The molecule has 1 N–H and O–H groups in total. The van der Waals surface area contributed by atoms with E-state index in [4.69, 9.17) is 0 Å². The van der Waals surface area contributed by atoms with Gasteiger partial charge in [0, 0.05) is 19.6 Å². The zero-order chi connectivity index (χ0) is 13.9. The van der Waals surface area contributed by atoms with Crippen molar-refractivity contribution in [3.8, 4) is 0 Å². The minimum atomic E-state index is -0.305. The topological polar surface area (TPSA) is 41.1 Å². The number of aromatic nitrogens is 2. The van der Waals surface area contributed by atoms with Gasteiger partial charge in [-0.05, 0) is 31.6 Å². The number of hydrogen-bond acceptors (Lipinski definition) is 4. The molecule has 1 aromatic rings. The lowest BCUT2D eigenvalue weighted by Gasteiger charge is -2.41. The Morgan fingerprint density at radius 1 is 1.30 bits per heavy atom. The molecule has 2 heterocycles. The fraction of sp³-hybridized carbons (Fsp3) is 0.733. The maximum Gasteiger partial charge on any atom is 0.224 e. The summed E-state index contributed by atoms with van der Waals surface area (Å²) in [6.07, 6.45) is 7.79. The van der Waals surface area contributed by atoms with Gasteiger partial charge >= 0.3 is 0 Å². The van der Waals surface area contributed by atoms with E-state index in [1.54, 1.807) is 0 Å². The second-order valence-corrected chi connectivity index (χ2v) is 5.93. The Morgan fingerprint density at radius 2 is 2.10 bits per heavy atom. The molecule has 0 spiro atoms. The van der Waals surface area contributed by atoms with Crippen molar-refractivity contribution in [1.29, 1.82) is 0 Å². The number of halogens is 1. The molecule has 2 atom stereocenters. The van der Waals surface area contributed by atoms with Gasteiger partial charge in [-0.25, -0.2) is 9.37 Å². The third-order valence-corrected chi connectivity index (χ3v) is 4.65. The minimum Gasteiger partial charge on any atom is -0.354 e. The standard InChI is InChI=1S/C15H23FN4/c1-2-17-15-18-9-13(16)14(19-15)20-8-7-11-5-3-4-6-12(11)10-20/h9,11-12H,2-8,10H2,1H3,(H,17,18,19). The summed E-state index contributed by atoms with van der Waals surface area (Å²) in [5, 5.41) is 3.05. The predicted molar refractivity (Wildman–Crippen MR) is 78.4 cm³/mol. The lowest BCUT2D eigenvalue weighted by atomic mass is 9.75. The zero-order valence-electron chi connectivity index (χ0n) is 12.1. The summed E-state index contributed by atoms with van der Waals surface area (Å²) in [5.74, 6) is 2.25. The van der Waals surface area contributed by atoms with Gasteiger partial charge in [-0.2, -0.15) is 4.98 Å². The molecule has 1 aliphatic heterocycles. The van der Waals surface area contributed by atoms with Crippen LogP contribution in [0.25, 0.3) is 0 Å². The molecule has 0 aromatic carbocycles. The van der Waals surface area contributed by atoms with Crippen molar-refractivity contribution in [2.45, 2.75) is 39.0 Å². The van der Waals surface area contributed by atoms with Gasteiger partial charge in [0.25, 0.3) is 0 Å². The lowest BCUT2D eigenvalue weighted by molar-refractivity contribution is 0.201. The van der Waals surface area contributed by atoms with Crippen molar-refractivity contribution in [3.05, 3.63) is 12.0 Å². The molecule has 20 heavy (non-hydrogen) atoms. The van der Waals surface area contributed by atoms with Crippen molar-refractivity contribution >= 4 is 11.8 Å². The Labute approximate surface area is 119 Å². The van der Waals surface area contributed by atoms with E-state index in [-0.39, 0.29) is 5.82 Å². The number of fused-ring (bicyclic) bond motifs is 1. The molecule has 4 nitrogen and oxygen atoms in total. The molecule has 0 amide bonds. The number of hydrogen-bond donors (Lipinski definition) is 1. The van der Waals surface area contributed by atoms with E-state index in [9.17, 15) is 4.39 Å². The second kappa shape index (κ2) is 5.94. The SMILES string of the molecule is CCNc1ncc(F)c(N2CCC3CCCCC3C2)n1. The van der Waals surface area contributed by atoms with Crippen molar-refractivity contribution < 1.29 is 4.39 Å². The van der Waals surface area contributed by atoms with Gasteiger partial charge in [-0.3, -0.25) is 0 Å². The van der Waals surface area contributed by atoms with E-state index in [2.05, 4.69) is 20.2 Å². The summed E-state index contributed by atoms with van der Waals surface area (Å²) in [7, 11) is 0. The summed E-state index contributed by atoms with van der Waals surface area (Å²) in [5.41, 5.74) is 0. The summed E-state index contributed by atoms with van der Waals surface area (Å²) in [6.45, 7) is 4.60. The average Bonchev–Trinajstić information content (AvgIpc) is 2.49. The van der Waals surface area contributed by atoms with Crippen LogP contribution in [0.15, 0.2) is 6.20 Å². The van der Waals surface area contributed by atoms with Crippen LogP contribution in [-0.2, 0) is 0 Å². The van der Waals surface area contributed by atoms with Crippen LogP contribution in [0.2, 0.25) is 0 Å². The Balaban J connectivity index is 1.76. The van der Waals surface area contributed by atoms with E-state index in [1.165, 1.54) is 38.3 Å². The molecule has 1 saturated heterocycles. The Bertz CT molecular complexity index is 465. The van der Waals surface area contributed by atoms with Crippen molar-refractivity contribution in [2.75, 3.05) is 29.9 Å². The molecule has 3 rings (SSSR count). The fourth-order valence-corrected chi connectivity index (χ4v) is 3.62. The Morgan fingerprint density at radius 3 is 2.90 bits per heavy atom. The highest BCUT2D eigenvalue weighted by Crippen LogP contribution is 2.37. The number of anilines is 2. The Hall–Kier alpha value is -1.39. The maximum absolute atomic E-state index is 14.0. The normalized spacial score (nSPS) is 26.2. The van der Waals surface area contributed by atoms with Crippen LogP contribution in [0.3, 0.4) is 0 Å². The van der Waals surface area contributed by atoms with Crippen molar-refractivity contribution in [2.24, 2.45) is 11.8 Å². The molecule has 1 aliphatic carbocycles. The quantitative estimate of drug-likeness (QED) is 0.922. The molecular formula is C15H23FN4. The molecule has 1 saturated carbocycles. The predicted octanol–water partition coefficient (Wildman–Crippen LogP) is 3.06. The number of nitrogens with zero attached hydrogens (tertiary/aromatic N) is 3. The molecule has 1 aromatic heterocycles. The van der Waals surface area contributed by atoms with E-state index in [0.717, 1.165) is 31.5 Å². The summed E-state index contributed by atoms with van der Waals surface area (Å²) >= 11 is 0. The minimum absolute atomic E-state index is 0.305. The Kier molecular flexibility index (Phi) is 4.03. The van der Waals surface area contributed by atoms with E-state index < -0.39 is 0 Å². The van der Waals surface area contributed by atoms with Gasteiger partial charge in [0.05, 0.1) is 6.20 Å². The summed E-state index contributed by atoms with van der Waals surface area (Å²) in [6, 6.07) is 0. The third-order valence-electron chi connectivity index (χ3n) is 4.65. The monoisotopic (exact) mass is 278 g/mol. The largest absolute Gasteiger partial charge is 0.354 e. The van der Waals surface area contributed by atoms with Gasteiger partial charge in [0.2, 0.25) is 5.95 Å². The molecule has 2 aliphatic rings. The number of nitrogens with one attached hydrogen (secondary N) is 1. The maximum atomic E-state index is 14.0. The highest BCUT2D eigenvalue weighted by molar-refractivity contribution is 5.44. The first-order valence-electron chi connectivity index (χ1n) is 7.79. The van der Waals surface area contributed by atoms with Crippen LogP contribution in [0, 0.1) is 17.7 Å². The lowest BCUT2D eigenvalue weighted by Crippen LogP contribution is -2.42. The number of rotatable bonds is 3. The molecule has 0 radical (unpaired) electrons. The molecule has 5 heteroatoms. The molecular weight excluding hydrogens is 255 g/mol. The van der Waals surface area contributed by atoms with E-state index in [1.807, 2.05) is 6.92 Å². The molecule has 2 unspecified atom stereocenters. The first-order valence-corrected chi connectivity index (χ1v) is 7.79. The summed E-state index contributed by atoms with van der Waals surface area (Å²) < 4.78 is 14.0. The van der Waals surface area contributed by atoms with Gasteiger partial charge in [-0.15, -0.1) is 0 Å². The highest BCUT2D eigenvalue weighted by Gasteiger charge is 2.32. The van der Waals surface area contributed by atoms with Gasteiger partial charge in [0.1, 0.15) is 0 Å². The smallest absolute Gasteiger partial charge is 0.224 e. The van der Waals surface area contributed by atoms with Gasteiger partial charge < -0.3 is 10.2 Å². The highest BCUT2D eigenvalue weighted by atomic mass is 19.1. The van der Waals surface area contributed by atoms with Gasteiger partial charge in [0.15, 0.2) is 11.6 Å². The third kappa shape index (κ3) is 2.72. The number of piperidine rings is 1. The van der Waals surface area contributed by atoms with Crippen LogP contribution < -0.4 is 10.2 Å². The average molecular weight is 278 g/mol. The second-order valence-electron chi connectivity index (χ2n) is 5.93. The summed E-state index contributed by atoms with van der Waals surface area (Å²) in [4.78, 5) is 10.4. The van der Waals surface area contributed by atoms with E-state index in [0.29, 0.717) is 11.8 Å². The van der Waals surface area contributed by atoms with Crippen LogP contribution in [0.1, 0.15) is 39.0 Å². The van der Waals surface area contributed by atoms with Crippen LogP contribution in [0.5, 0.6) is 0 Å². The van der Waals surface area contributed by atoms with E-state index >= 15 is 0 Å². The van der Waals surface area contributed by atoms with Crippen LogP contribution >= 0.6 is 0 Å².